The van der Waals surface area contributed by atoms with Gasteiger partial charge in [0, 0.05) is 23.4 Å². The molecule has 0 spiro atoms. The van der Waals surface area contributed by atoms with Crippen molar-refractivity contribution in [2.24, 2.45) is 0 Å². The third kappa shape index (κ3) is 3.92. The van der Waals surface area contributed by atoms with Crippen LogP contribution >= 0.6 is 0 Å². The lowest BCUT2D eigenvalue weighted by molar-refractivity contribution is -0.137. The Kier molecular flexibility index (Phi) is 5.17. The summed E-state index contributed by atoms with van der Waals surface area (Å²) in [4.78, 5) is 11.2. The third-order valence-electron chi connectivity index (χ3n) is 5.61. The zero-order valence-corrected chi connectivity index (χ0v) is 17.6. The number of carboxylic acids is 1. The normalized spacial score (nSPS) is 12.1. The average molecular weight is 458 g/mol. The summed E-state index contributed by atoms with van der Waals surface area (Å²) in [5.41, 5.74) is 1.12. The first-order valence-electron chi connectivity index (χ1n) is 10.4. The molecule has 4 nitrogen and oxygen atoms in total. The molecule has 5 aromatic rings. The Hall–Kier alpha value is -4.39. The van der Waals surface area contributed by atoms with Gasteiger partial charge in [-0.25, -0.2) is 9.48 Å². The van der Waals surface area contributed by atoms with Crippen LogP contribution in [0.5, 0.6) is 0 Å². The number of nitrogens with zero attached hydrogens (tertiary/aromatic N) is 2. The maximum absolute atomic E-state index is 13.3. The topological polar surface area (TPSA) is 55.1 Å². The Labute approximate surface area is 192 Å². The summed E-state index contributed by atoms with van der Waals surface area (Å²) < 4.78 is 41.1. The van der Waals surface area contributed by atoms with Crippen LogP contribution in [0.15, 0.2) is 91.1 Å². The predicted molar refractivity (Wildman–Crippen MR) is 126 cm³/mol. The molecule has 0 saturated heterocycles. The van der Waals surface area contributed by atoms with Crippen molar-refractivity contribution in [3.05, 3.63) is 102 Å². The van der Waals surface area contributed by atoms with Gasteiger partial charge in [0.1, 0.15) is 5.69 Å². The van der Waals surface area contributed by atoms with Gasteiger partial charge in [0.2, 0.25) is 0 Å². The van der Waals surface area contributed by atoms with Gasteiger partial charge in [0.15, 0.2) is 0 Å². The minimum absolute atomic E-state index is 0.219. The molecule has 0 saturated carbocycles. The molecule has 4 aromatic carbocycles. The molecule has 1 aromatic heterocycles. The number of carboxylic acid groups (broad SMARTS) is 1. The van der Waals surface area contributed by atoms with Crippen LogP contribution in [-0.4, -0.2) is 20.9 Å². The van der Waals surface area contributed by atoms with E-state index in [9.17, 15) is 18.0 Å². The highest BCUT2D eigenvalue weighted by Gasteiger charge is 2.30. The summed E-state index contributed by atoms with van der Waals surface area (Å²) in [6.45, 7) is 0. The van der Waals surface area contributed by atoms with E-state index in [1.54, 1.807) is 0 Å². The highest BCUT2D eigenvalue weighted by molar-refractivity contribution is 6.14. The number of hydrogen-bond donors (Lipinski definition) is 1. The molecule has 5 rings (SSSR count). The van der Waals surface area contributed by atoms with Crippen LogP contribution in [0.2, 0.25) is 0 Å². The molecule has 168 valence electrons. The van der Waals surface area contributed by atoms with Crippen LogP contribution in [-0.2, 0) is 11.0 Å². The van der Waals surface area contributed by atoms with Crippen molar-refractivity contribution < 1.29 is 23.1 Å². The standard InChI is InChI=1S/C27H17F3N2O2/c28-27(29,30)19-7-5-8-20(15-19)32-16-18(12-13-25(33)34)26(31-32)24-14-17-6-1-2-9-21(17)22-10-3-4-11-23(22)24/h1-16H,(H,33,34)/b13-12+. The van der Waals surface area contributed by atoms with Gasteiger partial charge in [0.05, 0.1) is 11.3 Å². The number of benzene rings is 4. The maximum atomic E-state index is 13.3. The van der Waals surface area contributed by atoms with E-state index in [0.717, 1.165) is 45.3 Å². The number of aliphatic carboxylic acids is 1. The average Bonchev–Trinajstić information content (AvgIpc) is 3.26. The molecular formula is C27H17F3N2O2. The van der Waals surface area contributed by atoms with Crippen LogP contribution in [0.1, 0.15) is 11.1 Å². The first-order chi connectivity index (χ1) is 16.3. The van der Waals surface area contributed by atoms with E-state index in [2.05, 4.69) is 5.10 Å². The fourth-order valence-corrected chi connectivity index (χ4v) is 4.09. The van der Waals surface area contributed by atoms with Crippen molar-refractivity contribution in [2.75, 3.05) is 0 Å². The molecule has 1 heterocycles. The number of aromatic nitrogens is 2. The number of carbonyl (C=O) groups is 1. The molecule has 0 radical (unpaired) electrons. The van der Waals surface area contributed by atoms with Gasteiger partial charge in [-0.3, -0.25) is 0 Å². The Bertz CT molecular complexity index is 1580. The van der Waals surface area contributed by atoms with Crippen LogP contribution in [0.4, 0.5) is 13.2 Å². The molecule has 0 aliphatic carbocycles. The molecule has 7 heteroatoms. The summed E-state index contributed by atoms with van der Waals surface area (Å²) >= 11 is 0. The Morgan fingerprint density at radius 3 is 2.32 bits per heavy atom. The first-order valence-corrected chi connectivity index (χ1v) is 10.4. The maximum Gasteiger partial charge on any atom is 0.416 e. The quantitative estimate of drug-likeness (QED) is 0.234. The number of alkyl halides is 3. The van der Waals surface area contributed by atoms with Crippen molar-refractivity contribution in [2.45, 2.75) is 6.18 Å². The fraction of sp³-hybridized carbons (Fsp3) is 0.0370. The summed E-state index contributed by atoms with van der Waals surface area (Å²) in [6, 6.07) is 22.5. The molecule has 0 atom stereocenters. The minimum Gasteiger partial charge on any atom is -0.478 e. The van der Waals surface area contributed by atoms with E-state index in [4.69, 9.17) is 5.11 Å². The van der Waals surface area contributed by atoms with Crippen LogP contribution in [0.25, 0.3) is 44.6 Å². The summed E-state index contributed by atoms with van der Waals surface area (Å²) in [7, 11) is 0. The predicted octanol–water partition coefficient (Wildman–Crippen LogP) is 6.96. The first kappa shape index (κ1) is 21.5. The summed E-state index contributed by atoms with van der Waals surface area (Å²) in [5, 5.41) is 17.7. The van der Waals surface area contributed by atoms with E-state index >= 15 is 0 Å². The zero-order chi connectivity index (χ0) is 23.9. The van der Waals surface area contributed by atoms with Gasteiger partial charge < -0.3 is 5.11 Å². The lowest BCUT2D eigenvalue weighted by Gasteiger charge is -2.10. The van der Waals surface area contributed by atoms with E-state index in [1.165, 1.54) is 29.1 Å². The van der Waals surface area contributed by atoms with E-state index < -0.39 is 17.7 Å². The molecule has 0 unspecified atom stereocenters. The second kappa shape index (κ2) is 8.19. The molecule has 0 aliphatic heterocycles. The Morgan fingerprint density at radius 2 is 1.59 bits per heavy atom. The monoisotopic (exact) mass is 458 g/mol. The molecule has 34 heavy (non-hydrogen) atoms. The van der Waals surface area contributed by atoms with Gasteiger partial charge in [-0.15, -0.1) is 0 Å². The number of hydrogen-bond acceptors (Lipinski definition) is 2. The summed E-state index contributed by atoms with van der Waals surface area (Å²) in [6.07, 6.45) is -0.570. The van der Waals surface area contributed by atoms with Crippen molar-refractivity contribution in [1.29, 1.82) is 0 Å². The van der Waals surface area contributed by atoms with Gasteiger partial charge in [-0.05, 0) is 51.9 Å². The van der Waals surface area contributed by atoms with Crippen molar-refractivity contribution >= 4 is 33.6 Å². The van der Waals surface area contributed by atoms with Crippen molar-refractivity contribution in [3.8, 4) is 16.9 Å². The smallest absolute Gasteiger partial charge is 0.416 e. The van der Waals surface area contributed by atoms with E-state index in [-0.39, 0.29) is 5.69 Å². The van der Waals surface area contributed by atoms with Crippen LogP contribution in [0.3, 0.4) is 0 Å². The number of halogens is 3. The SMILES string of the molecule is O=C(O)/C=C/c1cn(-c2cccc(C(F)(F)F)c2)nc1-c1cc2ccccc2c2ccccc12. The minimum atomic E-state index is -4.49. The zero-order valence-electron chi connectivity index (χ0n) is 17.6. The molecule has 0 fully saturated rings. The molecular weight excluding hydrogens is 441 g/mol. The van der Waals surface area contributed by atoms with Crippen molar-refractivity contribution in [3.63, 3.8) is 0 Å². The van der Waals surface area contributed by atoms with Gasteiger partial charge >= 0.3 is 12.1 Å². The third-order valence-corrected chi connectivity index (χ3v) is 5.61. The lowest BCUT2D eigenvalue weighted by Crippen LogP contribution is -2.06. The molecule has 0 bridgehead atoms. The largest absolute Gasteiger partial charge is 0.478 e. The van der Waals surface area contributed by atoms with E-state index in [1.807, 2.05) is 54.6 Å². The van der Waals surface area contributed by atoms with Crippen LogP contribution in [0, 0.1) is 0 Å². The second-order valence-corrected chi connectivity index (χ2v) is 7.79. The van der Waals surface area contributed by atoms with Crippen LogP contribution < -0.4 is 0 Å². The highest BCUT2D eigenvalue weighted by atomic mass is 19.4. The molecule has 1 N–H and O–H groups in total. The summed E-state index contributed by atoms with van der Waals surface area (Å²) in [5.74, 6) is -1.14. The highest BCUT2D eigenvalue weighted by Crippen LogP contribution is 2.37. The molecule has 0 aliphatic rings. The number of fused-ring (bicyclic) bond motifs is 3. The Morgan fingerprint density at radius 1 is 0.882 bits per heavy atom. The van der Waals surface area contributed by atoms with Gasteiger partial charge in [0.25, 0.3) is 0 Å². The van der Waals surface area contributed by atoms with Gasteiger partial charge in [-0.1, -0.05) is 54.6 Å². The molecule has 0 amide bonds. The van der Waals surface area contributed by atoms with E-state index in [0.29, 0.717) is 11.3 Å². The second-order valence-electron chi connectivity index (χ2n) is 7.79. The fourth-order valence-electron chi connectivity index (χ4n) is 4.09. The number of rotatable bonds is 4. The van der Waals surface area contributed by atoms with Crippen molar-refractivity contribution in [1.82, 2.24) is 9.78 Å². The Balaban J connectivity index is 1.77. The lowest BCUT2D eigenvalue weighted by atomic mass is 9.94. The van der Waals surface area contributed by atoms with Gasteiger partial charge in [-0.2, -0.15) is 18.3 Å².